The van der Waals surface area contributed by atoms with E-state index in [1.165, 1.54) is 17.4 Å². The van der Waals surface area contributed by atoms with Gasteiger partial charge in [0.1, 0.15) is 0 Å². The molecule has 0 fully saturated rings. The van der Waals surface area contributed by atoms with E-state index in [1.54, 1.807) is 5.38 Å². The molecular weight excluding hydrogens is 256 g/mol. The second kappa shape index (κ2) is 5.54. The molecule has 0 radical (unpaired) electrons. The van der Waals surface area contributed by atoms with E-state index in [2.05, 4.69) is 4.98 Å². The van der Waals surface area contributed by atoms with Crippen molar-refractivity contribution in [1.29, 1.82) is 0 Å². The maximum absolute atomic E-state index is 13.1. The summed E-state index contributed by atoms with van der Waals surface area (Å²) >= 11 is 1.42. The van der Waals surface area contributed by atoms with Crippen molar-refractivity contribution in [1.82, 2.24) is 4.98 Å². The number of hydrogen-bond acceptors (Lipinski definition) is 3. The van der Waals surface area contributed by atoms with Crippen LogP contribution in [0.15, 0.2) is 23.6 Å². The lowest BCUT2D eigenvalue weighted by Crippen LogP contribution is -2.01. The number of hydrogen-bond donors (Lipinski definition) is 1. The van der Waals surface area contributed by atoms with E-state index in [4.69, 9.17) is 0 Å². The zero-order chi connectivity index (χ0) is 13.1. The molecule has 1 aromatic carbocycles. The van der Waals surface area contributed by atoms with E-state index >= 15 is 0 Å². The molecule has 2 nitrogen and oxygen atoms in total. The topological polar surface area (TPSA) is 33.1 Å². The minimum atomic E-state index is -0.878. The normalized spacial score (nSPS) is 12.7. The summed E-state index contributed by atoms with van der Waals surface area (Å²) in [7, 11) is 0. The van der Waals surface area contributed by atoms with Gasteiger partial charge in [-0.15, -0.1) is 11.3 Å². The summed E-state index contributed by atoms with van der Waals surface area (Å²) in [5.74, 6) is -1.73. The lowest BCUT2D eigenvalue weighted by Gasteiger charge is -2.06. The molecule has 0 aliphatic carbocycles. The molecule has 1 heterocycles. The molecule has 2 rings (SSSR count). The van der Waals surface area contributed by atoms with Crippen LogP contribution in [0.25, 0.3) is 11.3 Å². The van der Waals surface area contributed by atoms with E-state index in [9.17, 15) is 13.9 Å². The third-order valence-electron chi connectivity index (χ3n) is 2.80. The fraction of sp³-hybridized carbons (Fsp3) is 0.308. The van der Waals surface area contributed by atoms with Crippen molar-refractivity contribution in [3.8, 4) is 11.3 Å². The van der Waals surface area contributed by atoms with Gasteiger partial charge in [-0.05, 0) is 24.6 Å². The van der Waals surface area contributed by atoms with Crippen LogP contribution in [0.4, 0.5) is 8.78 Å². The Balaban J connectivity index is 2.31. The summed E-state index contributed by atoms with van der Waals surface area (Å²) in [6.07, 6.45) is 0.793. The van der Waals surface area contributed by atoms with Crippen molar-refractivity contribution in [2.24, 2.45) is 0 Å². The maximum Gasteiger partial charge on any atom is 0.159 e. The van der Waals surface area contributed by atoms with Crippen LogP contribution in [-0.2, 0) is 0 Å². The van der Waals surface area contributed by atoms with Gasteiger partial charge in [0.2, 0.25) is 0 Å². The number of aliphatic hydroxyl groups is 1. The number of rotatable bonds is 4. The van der Waals surface area contributed by atoms with Crippen molar-refractivity contribution in [2.45, 2.75) is 19.3 Å². The average molecular weight is 269 g/mol. The third kappa shape index (κ3) is 2.57. The fourth-order valence-corrected chi connectivity index (χ4v) is 2.65. The lowest BCUT2D eigenvalue weighted by atomic mass is 10.1. The van der Waals surface area contributed by atoms with Gasteiger partial charge in [0.05, 0.1) is 17.3 Å². The summed E-state index contributed by atoms with van der Waals surface area (Å²) in [4.78, 5) is 4.36. The predicted molar refractivity (Wildman–Crippen MR) is 67.6 cm³/mol. The van der Waals surface area contributed by atoms with Gasteiger partial charge in [-0.2, -0.15) is 0 Å². The third-order valence-corrected chi connectivity index (χ3v) is 3.81. The highest BCUT2D eigenvalue weighted by Crippen LogP contribution is 2.28. The van der Waals surface area contributed by atoms with Crippen LogP contribution in [0.2, 0.25) is 0 Å². The standard InChI is InChI=1S/C13H13F2NOS/c1-2-8(6-17)13-16-12(7-18-13)9-3-4-10(14)11(15)5-9/h3-5,7-8,17H,2,6H2,1H3. The first-order valence-electron chi connectivity index (χ1n) is 5.67. The Morgan fingerprint density at radius 2 is 2.11 bits per heavy atom. The molecule has 0 saturated heterocycles. The van der Waals surface area contributed by atoms with E-state index in [0.717, 1.165) is 23.6 Å². The van der Waals surface area contributed by atoms with Crippen molar-refractivity contribution in [2.75, 3.05) is 6.61 Å². The van der Waals surface area contributed by atoms with E-state index in [1.807, 2.05) is 6.92 Å². The molecule has 1 N–H and O–H groups in total. The Bertz CT molecular complexity index is 538. The van der Waals surface area contributed by atoms with Gasteiger partial charge < -0.3 is 5.11 Å². The Kier molecular flexibility index (Phi) is 4.04. The summed E-state index contributed by atoms with van der Waals surface area (Å²) in [5.41, 5.74) is 1.16. The van der Waals surface area contributed by atoms with Crippen molar-refractivity contribution in [3.05, 3.63) is 40.2 Å². The predicted octanol–water partition coefficient (Wildman–Crippen LogP) is 3.57. The molecule has 96 valence electrons. The van der Waals surface area contributed by atoms with Crippen molar-refractivity contribution in [3.63, 3.8) is 0 Å². The summed E-state index contributed by atoms with van der Waals surface area (Å²) in [6.45, 7) is 2.01. The van der Waals surface area contributed by atoms with Gasteiger partial charge in [0.25, 0.3) is 0 Å². The first-order chi connectivity index (χ1) is 8.65. The van der Waals surface area contributed by atoms with Gasteiger partial charge in [-0.25, -0.2) is 13.8 Å². The molecule has 1 aromatic heterocycles. The number of benzene rings is 1. The van der Waals surface area contributed by atoms with Crippen LogP contribution < -0.4 is 0 Å². The Morgan fingerprint density at radius 1 is 1.33 bits per heavy atom. The SMILES string of the molecule is CCC(CO)c1nc(-c2ccc(F)c(F)c2)cs1. The Hall–Kier alpha value is -1.33. The number of halogens is 2. The molecule has 2 aromatic rings. The monoisotopic (exact) mass is 269 g/mol. The number of nitrogens with zero attached hydrogens (tertiary/aromatic N) is 1. The first-order valence-corrected chi connectivity index (χ1v) is 6.55. The molecule has 0 aliphatic heterocycles. The number of thiazole rings is 1. The molecule has 18 heavy (non-hydrogen) atoms. The van der Waals surface area contributed by atoms with Gasteiger partial charge >= 0.3 is 0 Å². The zero-order valence-electron chi connectivity index (χ0n) is 9.86. The molecule has 0 amide bonds. The molecule has 5 heteroatoms. The summed E-state index contributed by atoms with van der Waals surface area (Å²) < 4.78 is 26.0. The van der Waals surface area contributed by atoms with Crippen LogP contribution in [-0.4, -0.2) is 16.7 Å². The highest BCUT2D eigenvalue weighted by atomic mass is 32.1. The molecule has 1 atom stereocenters. The molecule has 0 aliphatic rings. The van der Waals surface area contributed by atoms with E-state index in [-0.39, 0.29) is 12.5 Å². The fourth-order valence-electron chi connectivity index (χ4n) is 1.64. The maximum atomic E-state index is 13.1. The Morgan fingerprint density at radius 3 is 2.72 bits per heavy atom. The molecule has 1 unspecified atom stereocenters. The highest BCUT2D eigenvalue weighted by molar-refractivity contribution is 7.10. The zero-order valence-corrected chi connectivity index (χ0v) is 10.7. The quantitative estimate of drug-likeness (QED) is 0.920. The van der Waals surface area contributed by atoms with Gasteiger partial charge in [-0.3, -0.25) is 0 Å². The largest absolute Gasteiger partial charge is 0.396 e. The van der Waals surface area contributed by atoms with E-state index < -0.39 is 11.6 Å². The van der Waals surface area contributed by atoms with Gasteiger partial charge in [0.15, 0.2) is 11.6 Å². The average Bonchev–Trinajstić information content (AvgIpc) is 2.84. The summed E-state index contributed by atoms with van der Waals surface area (Å²) in [6, 6.07) is 3.72. The highest BCUT2D eigenvalue weighted by Gasteiger charge is 2.14. The van der Waals surface area contributed by atoms with Crippen molar-refractivity contribution < 1.29 is 13.9 Å². The van der Waals surface area contributed by atoms with Crippen molar-refractivity contribution >= 4 is 11.3 Å². The molecule has 0 spiro atoms. The number of aromatic nitrogens is 1. The lowest BCUT2D eigenvalue weighted by molar-refractivity contribution is 0.262. The summed E-state index contributed by atoms with van der Waals surface area (Å²) in [5, 5.41) is 11.8. The van der Waals surface area contributed by atoms with Crippen LogP contribution >= 0.6 is 11.3 Å². The first kappa shape index (κ1) is 13.1. The Labute approximate surface area is 108 Å². The van der Waals surface area contributed by atoms with Crippen LogP contribution in [0.3, 0.4) is 0 Å². The smallest absolute Gasteiger partial charge is 0.159 e. The molecule has 0 saturated carbocycles. The minimum absolute atomic E-state index is 0.00838. The van der Waals surface area contributed by atoms with Crippen LogP contribution in [0, 0.1) is 11.6 Å². The molecular formula is C13H13F2NOS. The van der Waals surface area contributed by atoms with E-state index in [0.29, 0.717) is 11.3 Å². The number of aliphatic hydroxyl groups excluding tert-OH is 1. The van der Waals surface area contributed by atoms with Gasteiger partial charge in [0, 0.05) is 16.9 Å². The molecule has 0 bridgehead atoms. The minimum Gasteiger partial charge on any atom is -0.396 e. The van der Waals surface area contributed by atoms with Crippen LogP contribution in [0.5, 0.6) is 0 Å². The second-order valence-electron chi connectivity index (χ2n) is 3.99. The van der Waals surface area contributed by atoms with Gasteiger partial charge in [-0.1, -0.05) is 6.92 Å². The second-order valence-corrected chi connectivity index (χ2v) is 4.88. The van der Waals surface area contributed by atoms with Crippen LogP contribution in [0.1, 0.15) is 24.3 Å².